The maximum Gasteiger partial charge on any atom is 0.337 e. The molecule has 0 saturated carbocycles. The Kier molecular flexibility index (Phi) is 5.53. The zero-order valence-corrected chi connectivity index (χ0v) is 13.7. The third-order valence-corrected chi connectivity index (χ3v) is 3.83. The summed E-state index contributed by atoms with van der Waals surface area (Å²) in [6.07, 6.45) is 0. The number of hydrogen-bond donors (Lipinski definition) is 1. The normalized spacial score (nSPS) is 12.0. The van der Waals surface area contributed by atoms with Crippen molar-refractivity contribution < 1.29 is 9.53 Å². The van der Waals surface area contributed by atoms with Crippen molar-refractivity contribution in [3.63, 3.8) is 0 Å². The molecule has 0 amide bonds. The van der Waals surface area contributed by atoms with Crippen molar-refractivity contribution in [2.75, 3.05) is 7.11 Å². The number of ether oxygens (including phenoxy) is 1. The average Bonchev–Trinajstić information content (AvgIpc) is 2.52. The van der Waals surface area contributed by atoms with Crippen LogP contribution in [-0.2, 0) is 11.3 Å². The molecule has 1 unspecified atom stereocenters. The first-order chi connectivity index (χ1) is 10.1. The molecule has 110 valence electrons. The number of halogens is 1. The van der Waals surface area contributed by atoms with E-state index in [0.29, 0.717) is 5.56 Å². The van der Waals surface area contributed by atoms with Gasteiger partial charge >= 0.3 is 5.97 Å². The first-order valence-corrected chi connectivity index (χ1v) is 7.55. The molecular formula is C17H18BrNO2. The Morgan fingerprint density at radius 3 is 2.57 bits per heavy atom. The molecule has 0 aliphatic heterocycles. The van der Waals surface area contributed by atoms with Gasteiger partial charge in [-0.15, -0.1) is 0 Å². The van der Waals surface area contributed by atoms with Gasteiger partial charge in [0.2, 0.25) is 0 Å². The van der Waals surface area contributed by atoms with Gasteiger partial charge in [0, 0.05) is 17.1 Å². The largest absolute Gasteiger partial charge is 0.465 e. The second-order valence-corrected chi connectivity index (χ2v) is 5.76. The maximum atomic E-state index is 11.4. The van der Waals surface area contributed by atoms with Crippen LogP contribution in [0.1, 0.15) is 34.5 Å². The Labute approximate surface area is 133 Å². The molecule has 0 aromatic heterocycles. The van der Waals surface area contributed by atoms with Crippen LogP contribution in [0.15, 0.2) is 53.0 Å². The highest BCUT2D eigenvalue weighted by Crippen LogP contribution is 2.18. The second kappa shape index (κ2) is 7.38. The van der Waals surface area contributed by atoms with Gasteiger partial charge in [-0.05, 0) is 42.3 Å². The number of rotatable bonds is 5. The summed E-state index contributed by atoms with van der Waals surface area (Å²) >= 11 is 3.48. The predicted molar refractivity (Wildman–Crippen MR) is 87.2 cm³/mol. The maximum absolute atomic E-state index is 11.4. The van der Waals surface area contributed by atoms with Crippen LogP contribution < -0.4 is 5.32 Å². The lowest BCUT2D eigenvalue weighted by Crippen LogP contribution is -2.18. The Morgan fingerprint density at radius 1 is 1.24 bits per heavy atom. The lowest BCUT2D eigenvalue weighted by Gasteiger charge is -2.14. The van der Waals surface area contributed by atoms with Crippen molar-refractivity contribution in [3.05, 3.63) is 69.7 Å². The molecule has 1 atom stereocenters. The minimum absolute atomic E-state index is 0.253. The van der Waals surface area contributed by atoms with Gasteiger partial charge < -0.3 is 10.1 Å². The molecule has 0 heterocycles. The van der Waals surface area contributed by atoms with Gasteiger partial charge in [-0.25, -0.2) is 4.79 Å². The van der Waals surface area contributed by atoms with Gasteiger partial charge in [-0.2, -0.15) is 0 Å². The minimum atomic E-state index is -0.308. The zero-order chi connectivity index (χ0) is 15.2. The van der Waals surface area contributed by atoms with Crippen molar-refractivity contribution in [3.8, 4) is 0 Å². The third kappa shape index (κ3) is 4.41. The molecule has 2 rings (SSSR count). The number of benzene rings is 2. The molecule has 2 aromatic rings. The summed E-state index contributed by atoms with van der Waals surface area (Å²) in [5, 5.41) is 3.47. The van der Waals surface area contributed by atoms with Gasteiger partial charge in [0.15, 0.2) is 0 Å². The summed E-state index contributed by atoms with van der Waals surface area (Å²) in [6, 6.07) is 16.0. The van der Waals surface area contributed by atoms with Gasteiger partial charge in [0.25, 0.3) is 0 Å². The molecule has 0 aliphatic rings. The van der Waals surface area contributed by atoms with Crippen molar-refractivity contribution >= 4 is 21.9 Å². The molecule has 0 radical (unpaired) electrons. The average molecular weight is 348 g/mol. The van der Waals surface area contributed by atoms with E-state index in [1.54, 1.807) is 12.1 Å². The van der Waals surface area contributed by atoms with Crippen LogP contribution in [0.2, 0.25) is 0 Å². The highest BCUT2D eigenvalue weighted by atomic mass is 79.9. The van der Waals surface area contributed by atoms with Crippen LogP contribution in [0, 0.1) is 0 Å². The molecule has 0 saturated heterocycles. The van der Waals surface area contributed by atoms with Gasteiger partial charge in [0.05, 0.1) is 12.7 Å². The van der Waals surface area contributed by atoms with Crippen molar-refractivity contribution in [2.45, 2.75) is 19.5 Å². The van der Waals surface area contributed by atoms with Gasteiger partial charge in [0.1, 0.15) is 0 Å². The van der Waals surface area contributed by atoms with E-state index in [1.807, 2.05) is 24.3 Å². The Hall–Kier alpha value is -1.65. The molecule has 3 nitrogen and oxygen atoms in total. The molecule has 0 fully saturated rings. The van der Waals surface area contributed by atoms with E-state index in [0.717, 1.165) is 16.6 Å². The molecule has 0 spiro atoms. The summed E-state index contributed by atoms with van der Waals surface area (Å²) in [7, 11) is 1.39. The molecule has 2 aromatic carbocycles. The van der Waals surface area contributed by atoms with Crippen LogP contribution in [0.3, 0.4) is 0 Å². The summed E-state index contributed by atoms with van der Waals surface area (Å²) in [6.45, 7) is 2.87. The number of methoxy groups -OCH3 is 1. The van der Waals surface area contributed by atoms with Crippen molar-refractivity contribution in [1.82, 2.24) is 5.32 Å². The highest BCUT2D eigenvalue weighted by Gasteiger charge is 2.07. The first-order valence-electron chi connectivity index (χ1n) is 6.76. The Bertz CT molecular complexity index is 610. The monoisotopic (exact) mass is 347 g/mol. The standard InChI is InChI=1S/C17H18BrNO2/c1-12(15-4-3-5-16(18)10-15)19-11-13-6-8-14(9-7-13)17(20)21-2/h3-10,12,19H,11H2,1-2H3. The van der Waals surface area contributed by atoms with Gasteiger partial charge in [-0.3, -0.25) is 0 Å². The van der Waals surface area contributed by atoms with Crippen LogP contribution in [-0.4, -0.2) is 13.1 Å². The van der Waals surface area contributed by atoms with Crippen molar-refractivity contribution in [1.29, 1.82) is 0 Å². The van der Waals surface area contributed by atoms with Gasteiger partial charge in [-0.1, -0.05) is 40.2 Å². The fourth-order valence-corrected chi connectivity index (χ4v) is 2.46. The molecule has 1 N–H and O–H groups in total. The summed E-state index contributed by atoms with van der Waals surface area (Å²) in [4.78, 5) is 11.4. The summed E-state index contributed by atoms with van der Waals surface area (Å²) in [5.74, 6) is -0.308. The van der Waals surface area contributed by atoms with E-state index in [9.17, 15) is 4.79 Å². The van der Waals surface area contributed by atoms with Crippen LogP contribution in [0.25, 0.3) is 0 Å². The minimum Gasteiger partial charge on any atom is -0.465 e. The Morgan fingerprint density at radius 2 is 1.95 bits per heavy atom. The Balaban J connectivity index is 1.95. The fourth-order valence-electron chi connectivity index (χ4n) is 2.04. The lowest BCUT2D eigenvalue weighted by molar-refractivity contribution is 0.0600. The molecule has 0 bridgehead atoms. The van der Waals surface area contributed by atoms with E-state index < -0.39 is 0 Å². The third-order valence-electron chi connectivity index (χ3n) is 3.34. The predicted octanol–water partition coefficient (Wildman–Crippen LogP) is 4.09. The van der Waals surface area contributed by atoms with E-state index in [1.165, 1.54) is 12.7 Å². The number of hydrogen-bond acceptors (Lipinski definition) is 3. The number of carbonyl (C=O) groups excluding carboxylic acids is 1. The lowest BCUT2D eigenvalue weighted by atomic mass is 10.1. The molecule has 0 aliphatic carbocycles. The van der Waals surface area contributed by atoms with Crippen molar-refractivity contribution in [2.24, 2.45) is 0 Å². The second-order valence-electron chi connectivity index (χ2n) is 4.85. The summed E-state index contributed by atoms with van der Waals surface area (Å²) < 4.78 is 5.76. The van der Waals surface area contributed by atoms with Crippen LogP contribution in [0.5, 0.6) is 0 Å². The summed E-state index contributed by atoms with van der Waals surface area (Å²) in [5.41, 5.74) is 2.93. The van der Waals surface area contributed by atoms with E-state index in [-0.39, 0.29) is 12.0 Å². The SMILES string of the molecule is COC(=O)c1ccc(CNC(C)c2cccc(Br)c2)cc1. The molecular weight excluding hydrogens is 330 g/mol. The first kappa shape index (κ1) is 15.7. The number of carbonyl (C=O) groups is 1. The smallest absolute Gasteiger partial charge is 0.337 e. The van der Waals surface area contributed by atoms with Crippen LogP contribution in [0.4, 0.5) is 0 Å². The van der Waals surface area contributed by atoms with E-state index in [2.05, 4.69) is 45.0 Å². The number of esters is 1. The quantitative estimate of drug-likeness (QED) is 0.828. The van der Waals surface area contributed by atoms with Crippen LogP contribution >= 0.6 is 15.9 Å². The van der Waals surface area contributed by atoms with E-state index >= 15 is 0 Å². The molecule has 4 heteroatoms. The van der Waals surface area contributed by atoms with E-state index in [4.69, 9.17) is 0 Å². The topological polar surface area (TPSA) is 38.3 Å². The highest BCUT2D eigenvalue weighted by molar-refractivity contribution is 9.10. The fraction of sp³-hybridized carbons (Fsp3) is 0.235. The number of nitrogens with one attached hydrogen (secondary N) is 1. The zero-order valence-electron chi connectivity index (χ0n) is 12.1. The molecule has 21 heavy (non-hydrogen) atoms.